The summed E-state index contributed by atoms with van der Waals surface area (Å²) in [6, 6.07) is 18.9. The van der Waals surface area contributed by atoms with Crippen LogP contribution in [0.5, 0.6) is 0 Å². The number of para-hydroxylation sites is 2. The van der Waals surface area contributed by atoms with Crippen LogP contribution in [0.25, 0.3) is 10.9 Å². The zero-order valence-corrected chi connectivity index (χ0v) is 17.8. The number of rotatable bonds is 5. The third kappa shape index (κ3) is 3.86. The van der Waals surface area contributed by atoms with Crippen LogP contribution in [0.1, 0.15) is 25.0 Å². The number of aromatic nitrogens is 1. The Kier molecular flexibility index (Phi) is 5.39. The molecular formula is C25H26N4O3. The summed E-state index contributed by atoms with van der Waals surface area (Å²) in [4.78, 5) is 45.1. The van der Waals surface area contributed by atoms with Gasteiger partial charge in [0.2, 0.25) is 17.7 Å². The molecule has 0 saturated carbocycles. The molecule has 32 heavy (non-hydrogen) atoms. The highest BCUT2D eigenvalue weighted by molar-refractivity contribution is 6.04. The van der Waals surface area contributed by atoms with E-state index in [2.05, 4.69) is 10.3 Å². The van der Waals surface area contributed by atoms with Gasteiger partial charge in [0, 0.05) is 36.4 Å². The molecule has 2 saturated heterocycles. The van der Waals surface area contributed by atoms with Gasteiger partial charge in [-0.3, -0.25) is 19.3 Å². The van der Waals surface area contributed by atoms with Gasteiger partial charge in [-0.25, -0.2) is 0 Å². The van der Waals surface area contributed by atoms with Gasteiger partial charge in [0.1, 0.15) is 6.04 Å². The Morgan fingerprint density at radius 2 is 1.81 bits per heavy atom. The molecule has 2 aromatic carbocycles. The molecule has 2 N–H and O–H groups in total. The number of carbonyl (C=O) groups excluding carboxylic acids is 3. The Hall–Kier alpha value is -3.61. The summed E-state index contributed by atoms with van der Waals surface area (Å²) in [7, 11) is 0. The molecule has 7 nitrogen and oxygen atoms in total. The zero-order valence-electron chi connectivity index (χ0n) is 17.8. The molecule has 0 spiro atoms. The second-order valence-corrected chi connectivity index (χ2v) is 8.52. The first-order chi connectivity index (χ1) is 15.6. The second-order valence-electron chi connectivity index (χ2n) is 8.52. The molecule has 2 unspecified atom stereocenters. The molecule has 1 aromatic heterocycles. The van der Waals surface area contributed by atoms with E-state index in [0.29, 0.717) is 38.9 Å². The lowest BCUT2D eigenvalue weighted by Gasteiger charge is -2.28. The van der Waals surface area contributed by atoms with Crippen LogP contribution in [0.4, 0.5) is 5.69 Å². The van der Waals surface area contributed by atoms with E-state index in [0.717, 1.165) is 22.3 Å². The smallest absolute Gasteiger partial charge is 0.245 e. The number of anilines is 1. The molecule has 0 radical (unpaired) electrons. The molecule has 0 aliphatic carbocycles. The number of hydrogen-bond acceptors (Lipinski definition) is 3. The summed E-state index contributed by atoms with van der Waals surface area (Å²) in [6.07, 6.45) is 1.52. The Labute approximate surface area is 186 Å². The van der Waals surface area contributed by atoms with Crippen molar-refractivity contribution in [2.75, 3.05) is 18.0 Å². The molecule has 7 heteroatoms. The van der Waals surface area contributed by atoms with E-state index in [1.165, 1.54) is 0 Å². The van der Waals surface area contributed by atoms with E-state index in [9.17, 15) is 14.4 Å². The van der Waals surface area contributed by atoms with Gasteiger partial charge in [-0.05, 0) is 42.5 Å². The van der Waals surface area contributed by atoms with Crippen LogP contribution in [0.15, 0.2) is 60.7 Å². The van der Waals surface area contributed by atoms with Crippen molar-refractivity contribution >= 4 is 34.3 Å². The van der Waals surface area contributed by atoms with Crippen molar-refractivity contribution in [2.24, 2.45) is 5.92 Å². The number of benzene rings is 2. The lowest BCUT2D eigenvalue weighted by Crippen LogP contribution is -2.46. The lowest BCUT2D eigenvalue weighted by atomic mass is 10.1. The number of nitrogens with zero attached hydrogens (tertiary/aromatic N) is 2. The largest absolute Gasteiger partial charge is 0.357 e. The highest BCUT2D eigenvalue weighted by atomic mass is 16.2. The minimum atomic E-state index is -0.488. The molecule has 0 bridgehead atoms. The summed E-state index contributed by atoms with van der Waals surface area (Å²) in [5.41, 5.74) is 2.75. The van der Waals surface area contributed by atoms with Crippen molar-refractivity contribution in [3.8, 4) is 0 Å². The Bertz CT molecular complexity index is 1120. The summed E-state index contributed by atoms with van der Waals surface area (Å²) >= 11 is 0. The van der Waals surface area contributed by atoms with Crippen LogP contribution in [0.3, 0.4) is 0 Å². The Morgan fingerprint density at radius 1 is 1.03 bits per heavy atom. The maximum atomic E-state index is 13.2. The van der Waals surface area contributed by atoms with Crippen LogP contribution >= 0.6 is 0 Å². The molecule has 2 aliphatic heterocycles. The SMILES string of the molecule is O=C(NCc1cc2ccccc2[nH]1)C1CCN(C(=O)C2CCC(=O)N2c2ccccc2)C1. The molecule has 3 amide bonds. The molecule has 2 fully saturated rings. The fourth-order valence-corrected chi connectivity index (χ4v) is 4.77. The van der Waals surface area contributed by atoms with Gasteiger partial charge in [-0.1, -0.05) is 36.4 Å². The average molecular weight is 431 g/mol. The van der Waals surface area contributed by atoms with Crippen LogP contribution in [0.2, 0.25) is 0 Å². The third-order valence-electron chi connectivity index (χ3n) is 6.44. The van der Waals surface area contributed by atoms with E-state index in [4.69, 9.17) is 0 Å². The normalized spacial score (nSPS) is 20.8. The van der Waals surface area contributed by atoms with E-state index >= 15 is 0 Å². The number of amides is 3. The molecule has 3 heterocycles. The van der Waals surface area contributed by atoms with Crippen LogP contribution in [-0.2, 0) is 20.9 Å². The minimum absolute atomic E-state index is 0.0265. The molecule has 3 aromatic rings. The maximum absolute atomic E-state index is 13.2. The summed E-state index contributed by atoms with van der Waals surface area (Å²) < 4.78 is 0. The molecule has 2 aliphatic rings. The first kappa shape index (κ1) is 20.3. The number of hydrogen-bond donors (Lipinski definition) is 2. The van der Waals surface area contributed by atoms with E-state index in [1.54, 1.807) is 9.80 Å². The fraction of sp³-hybridized carbons (Fsp3) is 0.320. The predicted octanol–water partition coefficient (Wildman–Crippen LogP) is 2.83. The average Bonchev–Trinajstić information content (AvgIpc) is 3.55. The topological polar surface area (TPSA) is 85.5 Å². The zero-order chi connectivity index (χ0) is 22.1. The van der Waals surface area contributed by atoms with Crippen LogP contribution in [0, 0.1) is 5.92 Å². The number of fused-ring (bicyclic) bond motifs is 1. The van der Waals surface area contributed by atoms with Gasteiger partial charge in [0.05, 0.1) is 12.5 Å². The van der Waals surface area contributed by atoms with Crippen LogP contribution < -0.4 is 10.2 Å². The fourth-order valence-electron chi connectivity index (χ4n) is 4.77. The summed E-state index contributed by atoms with van der Waals surface area (Å²) in [6.45, 7) is 1.36. The first-order valence-corrected chi connectivity index (χ1v) is 11.1. The monoisotopic (exact) mass is 430 g/mol. The lowest BCUT2D eigenvalue weighted by molar-refractivity contribution is -0.132. The van der Waals surface area contributed by atoms with E-state index < -0.39 is 6.04 Å². The van der Waals surface area contributed by atoms with Gasteiger partial charge in [0.15, 0.2) is 0 Å². The number of aromatic amines is 1. The van der Waals surface area contributed by atoms with Gasteiger partial charge in [-0.2, -0.15) is 0 Å². The standard InChI is InChI=1S/C25H26N4O3/c30-23-11-10-22(29(23)20-7-2-1-3-8-20)25(32)28-13-12-18(16-28)24(31)26-15-19-14-17-6-4-5-9-21(17)27-19/h1-9,14,18,22,27H,10-13,15-16H2,(H,26,31). The van der Waals surface area contributed by atoms with Gasteiger partial charge in [0.25, 0.3) is 0 Å². The van der Waals surface area contributed by atoms with Crippen molar-refractivity contribution in [1.29, 1.82) is 0 Å². The van der Waals surface area contributed by atoms with Crippen LogP contribution in [-0.4, -0.2) is 46.7 Å². The molecule has 2 atom stereocenters. The van der Waals surface area contributed by atoms with Crippen molar-refractivity contribution in [3.63, 3.8) is 0 Å². The van der Waals surface area contributed by atoms with E-state index in [-0.39, 0.29) is 23.6 Å². The maximum Gasteiger partial charge on any atom is 0.245 e. The van der Waals surface area contributed by atoms with Gasteiger partial charge < -0.3 is 15.2 Å². The number of nitrogens with one attached hydrogen (secondary N) is 2. The first-order valence-electron chi connectivity index (χ1n) is 11.1. The third-order valence-corrected chi connectivity index (χ3v) is 6.44. The van der Waals surface area contributed by atoms with Crippen molar-refractivity contribution in [1.82, 2.24) is 15.2 Å². The van der Waals surface area contributed by atoms with Crippen molar-refractivity contribution in [2.45, 2.75) is 31.8 Å². The highest BCUT2D eigenvalue weighted by Gasteiger charge is 2.41. The second kappa shape index (κ2) is 8.49. The predicted molar refractivity (Wildman–Crippen MR) is 122 cm³/mol. The molecular weight excluding hydrogens is 404 g/mol. The molecule has 5 rings (SSSR count). The van der Waals surface area contributed by atoms with E-state index in [1.807, 2.05) is 60.7 Å². The number of likely N-dealkylation sites (tertiary alicyclic amines) is 1. The van der Waals surface area contributed by atoms with Crippen molar-refractivity contribution in [3.05, 3.63) is 66.4 Å². The Balaban J connectivity index is 1.19. The Morgan fingerprint density at radius 3 is 2.62 bits per heavy atom. The summed E-state index contributed by atoms with van der Waals surface area (Å²) in [5.74, 6) is -0.362. The van der Waals surface area contributed by atoms with Gasteiger partial charge in [-0.15, -0.1) is 0 Å². The summed E-state index contributed by atoms with van der Waals surface area (Å²) in [5, 5.41) is 4.11. The number of H-pyrrole nitrogens is 1. The highest BCUT2D eigenvalue weighted by Crippen LogP contribution is 2.29. The van der Waals surface area contributed by atoms with Gasteiger partial charge >= 0.3 is 0 Å². The quantitative estimate of drug-likeness (QED) is 0.653. The minimum Gasteiger partial charge on any atom is -0.357 e. The van der Waals surface area contributed by atoms with Crippen molar-refractivity contribution < 1.29 is 14.4 Å². The molecule has 164 valence electrons. The number of carbonyl (C=O) groups is 3.